The first kappa shape index (κ1) is 14.2. The number of hydrogen-bond donors (Lipinski definition) is 3. The largest absolute Gasteiger partial charge is 0.497 e. The van der Waals surface area contributed by atoms with E-state index in [9.17, 15) is 13.6 Å². The average molecular weight is 261 g/mol. The van der Waals surface area contributed by atoms with Crippen molar-refractivity contribution in [3.05, 3.63) is 23.8 Å². The van der Waals surface area contributed by atoms with Gasteiger partial charge in [-0.2, -0.15) is 0 Å². The molecule has 0 aliphatic rings. The predicted molar refractivity (Wildman–Crippen MR) is 60.5 cm³/mol. The second-order valence-electron chi connectivity index (χ2n) is 3.58. The van der Waals surface area contributed by atoms with Crippen LogP contribution in [-0.4, -0.2) is 42.4 Å². The van der Waals surface area contributed by atoms with Crippen LogP contribution in [0.15, 0.2) is 18.2 Å². The topological polar surface area (TPSA) is 78.8 Å². The number of nitrogens with one attached hydrogen (secondary N) is 1. The van der Waals surface area contributed by atoms with E-state index < -0.39 is 25.0 Å². The fourth-order valence-corrected chi connectivity index (χ4v) is 1.26. The van der Waals surface area contributed by atoms with Crippen molar-refractivity contribution in [1.82, 2.24) is 0 Å². The fraction of sp³-hybridized carbons (Fsp3) is 0.364. The molecule has 0 saturated carbocycles. The predicted octanol–water partition coefficient (Wildman–Crippen LogP) is 1.43. The van der Waals surface area contributed by atoms with Gasteiger partial charge in [0.05, 0.1) is 24.9 Å². The molecule has 0 unspecified atom stereocenters. The Balaban J connectivity index is 2.94. The van der Waals surface area contributed by atoms with Crippen LogP contribution in [0.4, 0.5) is 14.5 Å². The highest BCUT2D eigenvalue weighted by atomic mass is 19.3. The first-order valence-corrected chi connectivity index (χ1v) is 5.03. The van der Waals surface area contributed by atoms with E-state index in [0.29, 0.717) is 5.75 Å². The Morgan fingerprint density at radius 1 is 1.50 bits per heavy atom. The lowest BCUT2D eigenvalue weighted by Crippen LogP contribution is -2.31. The van der Waals surface area contributed by atoms with E-state index in [1.807, 2.05) is 0 Å². The molecule has 0 heterocycles. The highest BCUT2D eigenvalue weighted by Gasteiger charge is 2.28. The van der Waals surface area contributed by atoms with Gasteiger partial charge in [-0.25, -0.2) is 13.6 Å². The summed E-state index contributed by atoms with van der Waals surface area (Å²) >= 11 is 0. The Morgan fingerprint density at radius 2 is 2.17 bits per heavy atom. The number of alkyl halides is 2. The van der Waals surface area contributed by atoms with Crippen LogP contribution in [-0.2, 0) is 0 Å². The molecule has 100 valence electrons. The minimum absolute atomic E-state index is 0.00924. The molecular formula is C11H13F2NO4. The molecule has 0 atom stereocenters. The zero-order valence-corrected chi connectivity index (χ0v) is 9.61. The van der Waals surface area contributed by atoms with Gasteiger partial charge in [0.25, 0.3) is 5.92 Å². The molecule has 1 rings (SSSR count). The summed E-state index contributed by atoms with van der Waals surface area (Å²) in [5.41, 5.74) is -0.139. The highest BCUT2D eigenvalue weighted by molar-refractivity contribution is 5.94. The van der Waals surface area contributed by atoms with Gasteiger partial charge in [-0.05, 0) is 12.1 Å². The van der Waals surface area contributed by atoms with Crippen molar-refractivity contribution in [2.24, 2.45) is 0 Å². The zero-order chi connectivity index (χ0) is 13.8. The Hall–Kier alpha value is -1.89. The first-order chi connectivity index (χ1) is 8.39. The lowest BCUT2D eigenvalue weighted by Gasteiger charge is -2.16. The molecule has 0 amide bonds. The molecule has 3 N–H and O–H groups in total. The zero-order valence-electron chi connectivity index (χ0n) is 9.61. The van der Waals surface area contributed by atoms with Crippen molar-refractivity contribution in [2.45, 2.75) is 5.92 Å². The van der Waals surface area contributed by atoms with Gasteiger partial charge in [-0.3, -0.25) is 0 Å². The molecule has 0 aliphatic heterocycles. The Morgan fingerprint density at radius 3 is 2.67 bits per heavy atom. The van der Waals surface area contributed by atoms with Gasteiger partial charge >= 0.3 is 5.97 Å². The summed E-state index contributed by atoms with van der Waals surface area (Å²) in [4.78, 5) is 10.9. The molecule has 0 saturated heterocycles. The number of carboxylic acid groups (broad SMARTS) is 1. The minimum atomic E-state index is -3.32. The number of methoxy groups -OCH3 is 1. The summed E-state index contributed by atoms with van der Waals surface area (Å²) in [5, 5.41) is 19.6. The monoisotopic (exact) mass is 261 g/mol. The third kappa shape index (κ3) is 3.56. The third-order valence-electron chi connectivity index (χ3n) is 2.23. The van der Waals surface area contributed by atoms with Crippen LogP contribution >= 0.6 is 0 Å². The van der Waals surface area contributed by atoms with Crippen molar-refractivity contribution in [1.29, 1.82) is 0 Å². The number of hydrogen-bond acceptors (Lipinski definition) is 4. The van der Waals surface area contributed by atoms with Gasteiger partial charge in [0.2, 0.25) is 0 Å². The van der Waals surface area contributed by atoms with Crippen molar-refractivity contribution in [2.75, 3.05) is 25.6 Å². The minimum Gasteiger partial charge on any atom is -0.497 e. The Labute approximate surface area is 102 Å². The number of carbonyl (C=O) groups is 1. The van der Waals surface area contributed by atoms with Crippen molar-refractivity contribution in [3.63, 3.8) is 0 Å². The van der Waals surface area contributed by atoms with Crippen molar-refractivity contribution in [3.8, 4) is 5.75 Å². The lowest BCUT2D eigenvalue weighted by atomic mass is 10.1. The molecular weight excluding hydrogens is 248 g/mol. The van der Waals surface area contributed by atoms with Gasteiger partial charge in [0.15, 0.2) is 0 Å². The number of benzene rings is 1. The summed E-state index contributed by atoms with van der Waals surface area (Å²) in [6.45, 7) is -2.18. The van der Waals surface area contributed by atoms with E-state index in [1.54, 1.807) is 0 Å². The first-order valence-electron chi connectivity index (χ1n) is 5.03. The molecule has 1 aromatic rings. The van der Waals surface area contributed by atoms with Crippen LogP contribution < -0.4 is 10.1 Å². The van der Waals surface area contributed by atoms with E-state index in [2.05, 4.69) is 5.32 Å². The van der Waals surface area contributed by atoms with Crippen molar-refractivity contribution >= 4 is 11.7 Å². The maximum Gasteiger partial charge on any atom is 0.337 e. The number of rotatable bonds is 6. The van der Waals surface area contributed by atoms with Crippen LogP contribution in [0, 0.1) is 0 Å². The SMILES string of the molecule is COc1ccc(C(=O)O)c(NCC(F)(F)CO)c1. The smallest absolute Gasteiger partial charge is 0.337 e. The Kier molecular flexibility index (Phi) is 4.43. The van der Waals surface area contributed by atoms with Crippen LogP contribution in [0.2, 0.25) is 0 Å². The number of aliphatic hydroxyl groups is 1. The summed E-state index contributed by atoms with van der Waals surface area (Å²) in [6.07, 6.45) is 0. The average Bonchev–Trinajstić information content (AvgIpc) is 2.36. The number of aromatic carboxylic acids is 1. The van der Waals surface area contributed by atoms with Gasteiger partial charge in [-0.1, -0.05) is 0 Å². The molecule has 0 aliphatic carbocycles. The molecule has 7 heteroatoms. The van der Waals surface area contributed by atoms with Crippen LogP contribution in [0.3, 0.4) is 0 Å². The van der Waals surface area contributed by atoms with Crippen LogP contribution in [0.5, 0.6) is 5.75 Å². The molecule has 5 nitrogen and oxygen atoms in total. The maximum absolute atomic E-state index is 12.9. The molecule has 0 spiro atoms. The van der Waals surface area contributed by atoms with Crippen LogP contribution in [0.25, 0.3) is 0 Å². The third-order valence-corrected chi connectivity index (χ3v) is 2.23. The normalized spacial score (nSPS) is 11.1. The number of carboxylic acids is 1. The second-order valence-corrected chi connectivity index (χ2v) is 3.58. The van der Waals surface area contributed by atoms with Crippen LogP contribution in [0.1, 0.15) is 10.4 Å². The number of halogens is 2. The summed E-state index contributed by atoms with van der Waals surface area (Å²) in [5.74, 6) is -4.22. The van der Waals surface area contributed by atoms with E-state index in [0.717, 1.165) is 0 Å². The maximum atomic E-state index is 12.9. The second kappa shape index (κ2) is 5.63. The van der Waals surface area contributed by atoms with Gasteiger partial charge in [-0.15, -0.1) is 0 Å². The molecule has 0 fully saturated rings. The molecule has 0 aromatic heterocycles. The van der Waals surface area contributed by atoms with Gasteiger partial charge in [0, 0.05) is 6.07 Å². The number of ether oxygens (including phenoxy) is 1. The number of aliphatic hydroxyl groups excluding tert-OH is 1. The summed E-state index contributed by atoms with van der Waals surface area (Å²) in [6, 6.07) is 3.97. The standard InChI is InChI=1S/C11H13F2NO4/c1-18-7-2-3-8(10(16)17)9(4-7)14-5-11(12,13)6-15/h2-4,14-15H,5-6H2,1H3,(H,16,17). The van der Waals surface area contributed by atoms with Gasteiger partial charge < -0.3 is 20.3 Å². The molecule has 1 aromatic carbocycles. The van der Waals surface area contributed by atoms with Gasteiger partial charge in [0.1, 0.15) is 12.4 Å². The molecule has 18 heavy (non-hydrogen) atoms. The molecule has 0 radical (unpaired) electrons. The summed E-state index contributed by atoms with van der Waals surface area (Å²) < 4.78 is 30.6. The summed E-state index contributed by atoms with van der Waals surface area (Å²) in [7, 11) is 1.38. The lowest BCUT2D eigenvalue weighted by molar-refractivity contribution is -0.0373. The highest BCUT2D eigenvalue weighted by Crippen LogP contribution is 2.24. The quantitative estimate of drug-likeness (QED) is 0.722. The van der Waals surface area contributed by atoms with E-state index in [-0.39, 0.29) is 11.3 Å². The van der Waals surface area contributed by atoms with E-state index >= 15 is 0 Å². The fourth-order valence-electron chi connectivity index (χ4n) is 1.26. The van der Waals surface area contributed by atoms with Crippen molar-refractivity contribution < 1.29 is 28.5 Å². The van der Waals surface area contributed by atoms with E-state index in [1.165, 1.54) is 25.3 Å². The van der Waals surface area contributed by atoms with E-state index in [4.69, 9.17) is 14.9 Å². The molecule has 0 bridgehead atoms. The number of anilines is 1. The Bertz CT molecular complexity index is 437.